The molecule has 3 aromatic carbocycles. The molecular weight excluding hydrogens is 496 g/mol. The molecule has 0 radical (unpaired) electrons. The fourth-order valence-electron chi connectivity index (χ4n) is 4.71. The lowest BCUT2D eigenvalue weighted by Gasteiger charge is -2.36. The van der Waals surface area contributed by atoms with Gasteiger partial charge in [-0.25, -0.2) is 4.79 Å². The van der Waals surface area contributed by atoms with Crippen LogP contribution in [-0.2, 0) is 0 Å². The maximum Gasteiger partial charge on any atom is 0.412 e. The summed E-state index contributed by atoms with van der Waals surface area (Å²) in [6.45, 7) is 5.45. The number of anilines is 1. The monoisotopic (exact) mass is 532 g/mol. The zero-order valence-corrected chi connectivity index (χ0v) is 22.5. The minimum atomic E-state index is -0.508. The van der Waals surface area contributed by atoms with Crippen molar-refractivity contribution in [1.29, 1.82) is 0 Å². The third-order valence-electron chi connectivity index (χ3n) is 6.81. The molecule has 0 spiro atoms. The molecule has 2 amide bonds. The highest BCUT2D eigenvalue weighted by atomic mass is 16.6. The maximum atomic E-state index is 12.3. The number of ether oxygens (including phenoxy) is 3. The van der Waals surface area contributed by atoms with Gasteiger partial charge in [-0.2, -0.15) is 0 Å². The van der Waals surface area contributed by atoms with E-state index in [4.69, 9.17) is 19.9 Å². The SMILES string of the molecule is COc1cc(OC(=O)NCCCCN2CCN(c3ccccc3OC)CC2)ccc1-c1cccc(C(N)=O)c1. The van der Waals surface area contributed by atoms with Gasteiger partial charge in [0.15, 0.2) is 0 Å². The molecule has 3 N–H and O–H groups in total. The van der Waals surface area contributed by atoms with Crippen molar-refractivity contribution < 1.29 is 23.8 Å². The van der Waals surface area contributed by atoms with Gasteiger partial charge < -0.3 is 30.2 Å². The number of benzene rings is 3. The van der Waals surface area contributed by atoms with Crippen LogP contribution >= 0.6 is 0 Å². The zero-order valence-electron chi connectivity index (χ0n) is 22.5. The number of hydrogen-bond donors (Lipinski definition) is 2. The van der Waals surface area contributed by atoms with E-state index in [2.05, 4.69) is 21.2 Å². The predicted octanol–water partition coefficient (Wildman–Crippen LogP) is 4.16. The lowest BCUT2D eigenvalue weighted by Crippen LogP contribution is -2.46. The normalized spacial score (nSPS) is 13.5. The number of carbonyl (C=O) groups is 2. The van der Waals surface area contributed by atoms with E-state index in [1.165, 1.54) is 0 Å². The largest absolute Gasteiger partial charge is 0.496 e. The fourth-order valence-corrected chi connectivity index (χ4v) is 4.71. The van der Waals surface area contributed by atoms with Crippen LogP contribution in [0.4, 0.5) is 10.5 Å². The summed E-state index contributed by atoms with van der Waals surface area (Å²) in [7, 11) is 3.25. The summed E-state index contributed by atoms with van der Waals surface area (Å²) in [4.78, 5) is 28.7. The molecule has 206 valence electrons. The van der Waals surface area contributed by atoms with Crippen molar-refractivity contribution in [1.82, 2.24) is 10.2 Å². The van der Waals surface area contributed by atoms with Crippen molar-refractivity contribution in [3.8, 4) is 28.4 Å². The van der Waals surface area contributed by atoms with Crippen molar-refractivity contribution in [2.75, 3.05) is 58.4 Å². The van der Waals surface area contributed by atoms with Gasteiger partial charge in [-0.1, -0.05) is 24.3 Å². The number of rotatable bonds is 11. The lowest BCUT2D eigenvalue weighted by atomic mass is 10.0. The molecule has 1 aliphatic heterocycles. The number of methoxy groups -OCH3 is 2. The Morgan fingerprint density at radius 3 is 2.38 bits per heavy atom. The van der Waals surface area contributed by atoms with Crippen LogP contribution in [0.15, 0.2) is 66.7 Å². The quantitative estimate of drug-likeness (QED) is 0.357. The Morgan fingerprint density at radius 1 is 0.872 bits per heavy atom. The fraction of sp³-hybridized carbons (Fsp3) is 0.333. The van der Waals surface area contributed by atoms with E-state index in [0.717, 1.165) is 68.1 Å². The number of nitrogens with two attached hydrogens (primary N) is 1. The van der Waals surface area contributed by atoms with Gasteiger partial charge in [-0.3, -0.25) is 9.69 Å². The van der Waals surface area contributed by atoms with Gasteiger partial charge in [-0.15, -0.1) is 0 Å². The first kappa shape index (κ1) is 27.8. The van der Waals surface area contributed by atoms with Gasteiger partial charge in [0.05, 0.1) is 19.9 Å². The van der Waals surface area contributed by atoms with E-state index >= 15 is 0 Å². The van der Waals surface area contributed by atoms with Crippen LogP contribution in [0.1, 0.15) is 23.2 Å². The Balaban J connectivity index is 1.18. The highest BCUT2D eigenvalue weighted by Gasteiger charge is 2.19. The molecule has 0 bridgehead atoms. The van der Waals surface area contributed by atoms with E-state index in [9.17, 15) is 9.59 Å². The average Bonchev–Trinajstić information content (AvgIpc) is 2.97. The smallest absolute Gasteiger partial charge is 0.412 e. The van der Waals surface area contributed by atoms with Gasteiger partial charge in [0, 0.05) is 49.9 Å². The Labute approximate surface area is 229 Å². The summed E-state index contributed by atoms with van der Waals surface area (Å²) >= 11 is 0. The molecule has 1 fully saturated rings. The van der Waals surface area contributed by atoms with E-state index in [0.29, 0.717) is 23.6 Å². The number of piperazine rings is 1. The predicted molar refractivity (Wildman–Crippen MR) is 152 cm³/mol. The highest BCUT2D eigenvalue weighted by Crippen LogP contribution is 2.34. The number of hydrogen-bond acceptors (Lipinski definition) is 7. The lowest BCUT2D eigenvalue weighted by molar-refractivity contribution is 0.1000. The summed E-state index contributed by atoms with van der Waals surface area (Å²) in [5, 5.41) is 2.82. The molecule has 0 saturated carbocycles. The maximum absolute atomic E-state index is 12.3. The molecule has 9 nitrogen and oxygen atoms in total. The van der Waals surface area contributed by atoms with Gasteiger partial charge in [0.25, 0.3) is 0 Å². The molecule has 9 heteroatoms. The van der Waals surface area contributed by atoms with Gasteiger partial charge in [0.1, 0.15) is 17.2 Å². The van der Waals surface area contributed by atoms with Crippen molar-refractivity contribution in [3.63, 3.8) is 0 Å². The van der Waals surface area contributed by atoms with Gasteiger partial charge in [0.2, 0.25) is 5.91 Å². The summed E-state index contributed by atoms with van der Waals surface area (Å²) in [6, 6.07) is 20.2. The Hall–Kier alpha value is -4.24. The Kier molecular flexibility index (Phi) is 9.64. The second kappa shape index (κ2) is 13.5. The molecule has 1 heterocycles. The van der Waals surface area contributed by atoms with Crippen molar-refractivity contribution in [3.05, 3.63) is 72.3 Å². The highest BCUT2D eigenvalue weighted by molar-refractivity contribution is 5.94. The second-order valence-corrected chi connectivity index (χ2v) is 9.33. The van der Waals surface area contributed by atoms with E-state index in [1.807, 2.05) is 24.3 Å². The number of carbonyl (C=O) groups excluding carboxylic acids is 2. The van der Waals surface area contributed by atoms with E-state index in [1.54, 1.807) is 50.6 Å². The number of para-hydroxylation sites is 2. The van der Waals surface area contributed by atoms with Crippen LogP contribution in [-0.4, -0.2) is 70.4 Å². The number of amides is 2. The third-order valence-corrected chi connectivity index (χ3v) is 6.81. The number of nitrogens with zero attached hydrogens (tertiary/aromatic N) is 2. The number of unbranched alkanes of at least 4 members (excludes halogenated alkanes) is 1. The molecule has 0 atom stereocenters. The van der Waals surface area contributed by atoms with Crippen LogP contribution in [0.5, 0.6) is 17.2 Å². The van der Waals surface area contributed by atoms with Crippen LogP contribution in [0.25, 0.3) is 11.1 Å². The summed E-state index contributed by atoms with van der Waals surface area (Å²) in [5.74, 6) is 1.30. The average molecular weight is 533 g/mol. The van der Waals surface area contributed by atoms with Crippen LogP contribution in [0.3, 0.4) is 0 Å². The zero-order chi connectivity index (χ0) is 27.6. The first-order chi connectivity index (χ1) is 19.0. The molecule has 4 rings (SSSR count). The van der Waals surface area contributed by atoms with Gasteiger partial charge >= 0.3 is 6.09 Å². The topological polar surface area (TPSA) is 106 Å². The molecule has 0 aliphatic carbocycles. The number of nitrogens with one attached hydrogen (secondary N) is 1. The van der Waals surface area contributed by atoms with Crippen LogP contribution in [0, 0.1) is 0 Å². The van der Waals surface area contributed by atoms with Crippen LogP contribution < -0.4 is 30.2 Å². The van der Waals surface area contributed by atoms with Crippen molar-refractivity contribution in [2.45, 2.75) is 12.8 Å². The molecule has 1 aliphatic rings. The molecule has 3 aromatic rings. The Morgan fingerprint density at radius 2 is 1.64 bits per heavy atom. The first-order valence-electron chi connectivity index (χ1n) is 13.1. The molecule has 1 saturated heterocycles. The van der Waals surface area contributed by atoms with Crippen molar-refractivity contribution in [2.24, 2.45) is 5.73 Å². The second-order valence-electron chi connectivity index (χ2n) is 9.33. The van der Waals surface area contributed by atoms with Crippen molar-refractivity contribution >= 4 is 17.7 Å². The molecule has 39 heavy (non-hydrogen) atoms. The Bertz CT molecular complexity index is 1270. The van der Waals surface area contributed by atoms with Gasteiger partial charge in [-0.05, 0) is 61.3 Å². The number of primary amides is 1. The summed E-state index contributed by atoms with van der Waals surface area (Å²) < 4.78 is 16.4. The first-order valence-corrected chi connectivity index (χ1v) is 13.1. The molecule has 0 aromatic heterocycles. The minimum Gasteiger partial charge on any atom is -0.496 e. The molecular formula is C30H36N4O5. The van der Waals surface area contributed by atoms with Crippen LogP contribution in [0.2, 0.25) is 0 Å². The standard InChI is InChI=1S/C30H36N4O5/c1-37-27-11-4-3-10-26(27)34-18-16-33(17-19-34)15-6-5-14-32-30(36)39-24-12-13-25(28(21-24)38-2)22-8-7-9-23(20-22)29(31)35/h3-4,7-13,20-21H,5-6,14-19H2,1-2H3,(H2,31,35)(H,32,36). The van der Waals surface area contributed by atoms with E-state index < -0.39 is 12.0 Å². The summed E-state index contributed by atoms with van der Waals surface area (Å²) in [5.41, 5.74) is 8.49. The molecule has 0 unspecified atom stereocenters. The van der Waals surface area contributed by atoms with E-state index in [-0.39, 0.29) is 0 Å². The third kappa shape index (κ3) is 7.42. The summed E-state index contributed by atoms with van der Waals surface area (Å²) in [6.07, 6.45) is 1.34. The minimum absolute atomic E-state index is 0.368.